The van der Waals surface area contributed by atoms with Crippen LogP contribution in [-0.2, 0) is 13.0 Å². The Kier molecular flexibility index (Phi) is 3.87. The van der Waals surface area contributed by atoms with Crippen molar-refractivity contribution in [1.29, 1.82) is 0 Å². The van der Waals surface area contributed by atoms with Crippen molar-refractivity contribution >= 4 is 34.0 Å². The van der Waals surface area contributed by atoms with E-state index in [4.69, 9.17) is 0 Å². The smallest absolute Gasteiger partial charge is 0.0400 e. The summed E-state index contributed by atoms with van der Waals surface area (Å²) in [5, 5.41) is 3.51. The van der Waals surface area contributed by atoms with Gasteiger partial charge in [0.05, 0.1) is 0 Å². The maximum atomic E-state index is 3.51. The summed E-state index contributed by atoms with van der Waals surface area (Å²) in [5.74, 6) is 0. The maximum Gasteiger partial charge on any atom is 0.0400 e. The summed E-state index contributed by atoms with van der Waals surface area (Å²) in [6.07, 6.45) is 1.17. The van der Waals surface area contributed by atoms with Gasteiger partial charge in [0, 0.05) is 35.1 Å². The number of anilines is 2. The molecule has 2 aromatic carbocycles. The van der Waals surface area contributed by atoms with Gasteiger partial charge in [0.1, 0.15) is 0 Å². The molecule has 0 fully saturated rings. The number of hydrogen-bond acceptors (Lipinski definition) is 2. The first-order valence-corrected chi connectivity index (χ1v) is 8.04. The summed E-state index contributed by atoms with van der Waals surface area (Å²) in [5.41, 5.74) is 6.74. The van der Waals surface area contributed by atoms with Gasteiger partial charge in [-0.2, -0.15) is 0 Å². The van der Waals surface area contributed by atoms with Gasteiger partial charge in [-0.3, -0.25) is 0 Å². The lowest BCUT2D eigenvalue weighted by Gasteiger charge is -2.13. The summed E-state index contributed by atoms with van der Waals surface area (Å²) < 4.78 is 1.31. The first-order valence-electron chi connectivity index (χ1n) is 6.96. The van der Waals surface area contributed by atoms with Crippen molar-refractivity contribution in [3.8, 4) is 0 Å². The second-order valence-corrected chi connectivity index (χ2v) is 6.61. The molecular formula is C17H19IN2. The Labute approximate surface area is 134 Å². The molecule has 1 aliphatic rings. The third-order valence-electron chi connectivity index (χ3n) is 3.94. The van der Waals surface area contributed by atoms with Crippen LogP contribution in [0.1, 0.15) is 16.7 Å². The molecule has 3 heteroatoms. The van der Waals surface area contributed by atoms with Crippen LogP contribution < -0.4 is 10.2 Å². The number of likely N-dealkylation sites (N-methyl/N-ethyl adjacent to an activating group) is 1. The maximum absolute atomic E-state index is 3.51. The lowest BCUT2D eigenvalue weighted by Crippen LogP contribution is -2.12. The van der Waals surface area contributed by atoms with Crippen LogP contribution in [0.3, 0.4) is 0 Å². The van der Waals surface area contributed by atoms with Crippen molar-refractivity contribution in [3.63, 3.8) is 0 Å². The second-order valence-electron chi connectivity index (χ2n) is 5.45. The molecule has 1 aliphatic heterocycles. The highest BCUT2D eigenvalue weighted by molar-refractivity contribution is 14.1. The van der Waals surface area contributed by atoms with E-state index < -0.39 is 0 Å². The van der Waals surface area contributed by atoms with Gasteiger partial charge >= 0.3 is 0 Å². The SMILES string of the molecule is Cc1ccc(NCc2ccc3c(c2)CCN3C)cc1I. The van der Waals surface area contributed by atoms with Gasteiger partial charge in [-0.05, 0) is 70.8 Å². The van der Waals surface area contributed by atoms with Crippen LogP contribution in [0.2, 0.25) is 0 Å². The normalized spacial score (nSPS) is 13.4. The molecule has 0 unspecified atom stereocenters. The van der Waals surface area contributed by atoms with Gasteiger partial charge in [-0.1, -0.05) is 18.2 Å². The number of halogens is 1. The van der Waals surface area contributed by atoms with Crippen LogP contribution in [0.15, 0.2) is 36.4 Å². The molecule has 0 spiro atoms. The molecule has 0 amide bonds. The third kappa shape index (κ3) is 2.77. The molecule has 1 heterocycles. The standard InChI is InChI=1S/C17H19IN2/c1-12-3-5-15(10-16(12)18)19-11-13-4-6-17-14(9-13)7-8-20(17)2/h3-6,9-10,19H,7-8,11H2,1-2H3. The van der Waals surface area contributed by atoms with Gasteiger partial charge in [0.2, 0.25) is 0 Å². The number of benzene rings is 2. The van der Waals surface area contributed by atoms with E-state index in [2.05, 4.69) is 83.2 Å². The summed E-state index contributed by atoms with van der Waals surface area (Å²) >= 11 is 2.38. The highest BCUT2D eigenvalue weighted by Crippen LogP contribution is 2.27. The topological polar surface area (TPSA) is 15.3 Å². The van der Waals surface area contributed by atoms with E-state index in [1.54, 1.807) is 0 Å². The van der Waals surface area contributed by atoms with Crippen LogP contribution in [0.4, 0.5) is 11.4 Å². The minimum absolute atomic E-state index is 0.885. The third-order valence-corrected chi connectivity index (χ3v) is 5.10. The molecule has 1 N–H and O–H groups in total. The lowest BCUT2D eigenvalue weighted by molar-refractivity contribution is 0.955. The van der Waals surface area contributed by atoms with E-state index in [-0.39, 0.29) is 0 Å². The molecule has 0 aromatic heterocycles. The van der Waals surface area contributed by atoms with Gasteiger partial charge in [0.15, 0.2) is 0 Å². The van der Waals surface area contributed by atoms with Crippen molar-refractivity contribution in [3.05, 3.63) is 56.7 Å². The fraction of sp³-hybridized carbons (Fsp3) is 0.294. The minimum Gasteiger partial charge on any atom is -0.381 e. The first-order chi connectivity index (χ1) is 9.63. The Bertz CT molecular complexity index is 637. The molecular weight excluding hydrogens is 359 g/mol. The molecule has 2 aromatic rings. The average molecular weight is 378 g/mol. The van der Waals surface area contributed by atoms with Gasteiger partial charge in [-0.15, -0.1) is 0 Å². The van der Waals surface area contributed by atoms with E-state index in [1.165, 1.54) is 38.1 Å². The molecule has 0 saturated carbocycles. The molecule has 3 rings (SSSR count). The predicted octanol–water partition coefficient (Wildman–Crippen LogP) is 4.20. The molecule has 0 atom stereocenters. The van der Waals surface area contributed by atoms with Crippen LogP contribution >= 0.6 is 22.6 Å². The van der Waals surface area contributed by atoms with Crippen molar-refractivity contribution < 1.29 is 0 Å². The number of hydrogen-bond donors (Lipinski definition) is 1. The molecule has 0 aliphatic carbocycles. The number of aryl methyl sites for hydroxylation is 1. The van der Waals surface area contributed by atoms with Crippen LogP contribution in [0.5, 0.6) is 0 Å². The number of nitrogens with zero attached hydrogens (tertiary/aromatic N) is 1. The van der Waals surface area contributed by atoms with E-state index in [0.717, 1.165) is 13.1 Å². The van der Waals surface area contributed by atoms with E-state index in [0.29, 0.717) is 0 Å². The van der Waals surface area contributed by atoms with Crippen molar-refractivity contribution in [2.75, 3.05) is 23.8 Å². The highest BCUT2D eigenvalue weighted by atomic mass is 127. The Morgan fingerprint density at radius 1 is 1.20 bits per heavy atom. The molecule has 0 saturated heterocycles. The molecule has 2 nitrogen and oxygen atoms in total. The lowest BCUT2D eigenvalue weighted by atomic mass is 10.1. The molecule has 0 radical (unpaired) electrons. The van der Waals surface area contributed by atoms with Crippen molar-refractivity contribution in [2.24, 2.45) is 0 Å². The quantitative estimate of drug-likeness (QED) is 0.806. The van der Waals surface area contributed by atoms with Crippen LogP contribution in [0.25, 0.3) is 0 Å². The number of rotatable bonds is 3. The zero-order chi connectivity index (χ0) is 14.1. The van der Waals surface area contributed by atoms with E-state index in [1.807, 2.05) is 0 Å². The molecule has 20 heavy (non-hydrogen) atoms. The number of nitrogens with one attached hydrogen (secondary N) is 1. The summed E-state index contributed by atoms with van der Waals surface area (Å²) in [6.45, 7) is 4.17. The van der Waals surface area contributed by atoms with Crippen LogP contribution in [0, 0.1) is 10.5 Å². The van der Waals surface area contributed by atoms with Gasteiger partial charge in [0.25, 0.3) is 0 Å². The summed E-state index contributed by atoms with van der Waals surface area (Å²) in [7, 11) is 2.16. The van der Waals surface area contributed by atoms with Crippen molar-refractivity contribution in [2.45, 2.75) is 19.9 Å². The molecule has 0 bridgehead atoms. The van der Waals surface area contributed by atoms with Crippen molar-refractivity contribution in [1.82, 2.24) is 0 Å². The first kappa shape index (κ1) is 13.7. The fourth-order valence-electron chi connectivity index (χ4n) is 2.64. The molecule has 104 valence electrons. The minimum atomic E-state index is 0.885. The highest BCUT2D eigenvalue weighted by Gasteiger charge is 2.15. The predicted molar refractivity (Wildman–Crippen MR) is 94.6 cm³/mol. The Balaban J connectivity index is 1.71. The monoisotopic (exact) mass is 378 g/mol. The summed E-state index contributed by atoms with van der Waals surface area (Å²) in [4.78, 5) is 2.33. The Morgan fingerprint density at radius 2 is 2.05 bits per heavy atom. The van der Waals surface area contributed by atoms with Gasteiger partial charge in [-0.25, -0.2) is 0 Å². The fourth-order valence-corrected chi connectivity index (χ4v) is 3.15. The van der Waals surface area contributed by atoms with E-state index in [9.17, 15) is 0 Å². The number of fused-ring (bicyclic) bond motifs is 1. The van der Waals surface area contributed by atoms with Crippen LogP contribution in [-0.4, -0.2) is 13.6 Å². The largest absolute Gasteiger partial charge is 0.381 e. The second kappa shape index (κ2) is 5.64. The summed E-state index contributed by atoms with van der Waals surface area (Å²) in [6, 6.07) is 13.3. The zero-order valence-corrected chi connectivity index (χ0v) is 14.1. The Hall–Kier alpha value is -1.23. The Morgan fingerprint density at radius 3 is 2.85 bits per heavy atom. The van der Waals surface area contributed by atoms with E-state index >= 15 is 0 Å². The van der Waals surface area contributed by atoms with Gasteiger partial charge < -0.3 is 10.2 Å². The zero-order valence-electron chi connectivity index (χ0n) is 11.9. The average Bonchev–Trinajstić information content (AvgIpc) is 2.81.